The lowest BCUT2D eigenvalue weighted by molar-refractivity contribution is 0.102. The number of rotatable bonds is 2. The van der Waals surface area contributed by atoms with E-state index in [4.69, 9.17) is 0 Å². The molecule has 0 saturated heterocycles. The Kier molecular flexibility index (Phi) is 4.74. The van der Waals surface area contributed by atoms with Gasteiger partial charge in [-0.05, 0) is 54.3 Å². The first kappa shape index (κ1) is 16.0. The molecule has 0 fully saturated rings. The van der Waals surface area contributed by atoms with E-state index in [1.54, 1.807) is 42.5 Å². The fraction of sp³-hybridized carbons (Fsp3) is 0.0500. The minimum Gasteiger partial charge on any atom is -0.322 e. The lowest BCUT2D eigenvalue weighted by atomic mass is 10.1. The second-order valence-corrected chi connectivity index (χ2v) is 6.17. The van der Waals surface area contributed by atoms with Gasteiger partial charge in [0, 0.05) is 16.8 Å². The maximum absolute atomic E-state index is 13.6. The summed E-state index contributed by atoms with van der Waals surface area (Å²) in [7, 11) is 0. The number of amides is 1. The molecule has 3 rings (SSSR count). The Morgan fingerprint density at radius 1 is 1.08 bits per heavy atom. The summed E-state index contributed by atoms with van der Waals surface area (Å²) in [5, 5.41) is 4.74. The molecular formula is C20H14FNOS. The first-order valence-electron chi connectivity index (χ1n) is 7.35. The second kappa shape index (κ2) is 7.12. The SMILES string of the molecule is Cc1ccc(C(=O)Nc2cccc(C#Cc3cccs3)c2)cc1F. The summed E-state index contributed by atoms with van der Waals surface area (Å²) in [4.78, 5) is 13.2. The van der Waals surface area contributed by atoms with Crippen LogP contribution in [0.25, 0.3) is 0 Å². The Morgan fingerprint density at radius 2 is 1.96 bits per heavy atom. The van der Waals surface area contributed by atoms with E-state index in [2.05, 4.69) is 17.2 Å². The third-order valence-corrected chi connectivity index (χ3v) is 4.19. The molecule has 3 aromatic rings. The maximum atomic E-state index is 13.6. The molecule has 0 unspecified atom stereocenters. The molecule has 0 atom stereocenters. The molecule has 0 saturated carbocycles. The predicted octanol–water partition coefficient (Wildman–Crippen LogP) is 4.85. The molecule has 1 aromatic heterocycles. The highest BCUT2D eigenvalue weighted by Crippen LogP contribution is 2.14. The first-order valence-corrected chi connectivity index (χ1v) is 8.23. The molecule has 0 radical (unpaired) electrons. The summed E-state index contributed by atoms with van der Waals surface area (Å²) in [6, 6.07) is 15.6. The van der Waals surface area contributed by atoms with Crippen molar-refractivity contribution in [3.05, 3.63) is 87.4 Å². The minimum absolute atomic E-state index is 0.285. The van der Waals surface area contributed by atoms with Gasteiger partial charge in [-0.15, -0.1) is 11.3 Å². The third-order valence-electron chi connectivity index (χ3n) is 3.41. The Bertz CT molecular complexity index is 936. The predicted molar refractivity (Wildman–Crippen MR) is 95.8 cm³/mol. The van der Waals surface area contributed by atoms with Gasteiger partial charge in [-0.25, -0.2) is 4.39 Å². The van der Waals surface area contributed by atoms with Gasteiger partial charge in [0.25, 0.3) is 5.91 Å². The molecule has 2 aromatic carbocycles. The van der Waals surface area contributed by atoms with E-state index in [1.807, 2.05) is 29.6 Å². The molecule has 0 aliphatic carbocycles. The summed E-state index contributed by atoms with van der Waals surface area (Å²) in [5.74, 6) is 5.40. The molecule has 24 heavy (non-hydrogen) atoms. The molecule has 4 heteroatoms. The Hall–Kier alpha value is -2.90. The average Bonchev–Trinajstić information content (AvgIpc) is 3.09. The van der Waals surface area contributed by atoms with Crippen LogP contribution in [0.1, 0.15) is 26.4 Å². The molecule has 0 bridgehead atoms. The van der Waals surface area contributed by atoms with E-state index in [0.717, 1.165) is 10.4 Å². The zero-order chi connectivity index (χ0) is 16.9. The standard InChI is InChI=1S/C20H14FNOS/c1-14-7-9-16(13-19(14)21)20(23)22-17-5-2-4-15(12-17)8-10-18-6-3-11-24-18/h2-7,9,11-13H,1H3,(H,22,23). The van der Waals surface area contributed by atoms with E-state index in [9.17, 15) is 9.18 Å². The van der Waals surface area contributed by atoms with Crippen LogP contribution in [-0.4, -0.2) is 5.91 Å². The number of hydrogen-bond acceptors (Lipinski definition) is 2. The van der Waals surface area contributed by atoms with Crippen molar-refractivity contribution in [3.8, 4) is 11.8 Å². The highest BCUT2D eigenvalue weighted by atomic mass is 32.1. The fourth-order valence-electron chi connectivity index (χ4n) is 2.10. The van der Waals surface area contributed by atoms with Crippen molar-refractivity contribution >= 4 is 22.9 Å². The number of carbonyl (C=O) groups is 1. The zero-order valence-electron chi connectivity index (χ0n) is 13.0. The van der Waals surface area contributed by atoms with Crippen LogP contribution in [0.3, 0.4) is 0 Å². The summed E-state index contributed by atoms with van der Waals surface area (Å²) in [6.07, 6.45) is 0. The zero-order valence-corrected chi connectivity index (χ0v) is 13.8. The summed E-state index contributed by atoms with van der Waals surface area (Å²) < 4.78 is 13.6. The number of hydrogen-bond donors (Lipinski definition) is 1. The average molecular weight is 335 g/mol. The van der Waals surface area contributed by atoms with Crippen molar-refractivity contribution in [3.63, 3.8) is 0 Å². The molecule has 0 aliphatic heterocycles. The maximum Gasteiger partial charge on any atom is 0.255 e. The summed E-state index contributed by atoms with van der Waals surface area (Å²) in [6.45, 7) is 1.66. The Balaban J connectivity index is 1.76. The van der Waals surface area contributed by atoms with Crippen LogP contribution in [0, 0.1) is 24.6 Å². The number of carbonyl (C=O) groups excluding carboxylic acids is 1. The van der Waals surface area contributed by atoms with E-state index < -0.39 is 5.82 Å². The summed E-state index contributed by atoms with van der Waals surface area (Å²) >= 11 is 1.58. The normalized spacial score (nSPS) is 9.92. The molecule has 1 heterocycles. The van der Waals surface area contributed by atoms with Gasteiger partial charge in [-0.2, -0.15) is 0 Å². The van der Waals surface area contributed by atoms with Gasteiger partial charge in [0.1, 0.15) is 5.82 Å². The van der Waals surface area contributed by atoms with Crippen molar-refractivity contribution in [1.82, 2.24) is 0 Å². The van der Waals surface area contributed by atoms with Gasteiger partial charge < -0.3 is 5.32 Å². The van der Waals surface area contributed by atoms with Gasteiger partial charge in [-0.3, -0.25) is 4.79 Å². The number of anilines is 1. The van der Waals surface area contributed by atoms with Gasteiger partial charge in [-0.1, -0.05) is 30.0 Å². The highest BCUT2D eigenvalue weighted by Gasteiger charge is 2.08. The topological polar surface area (TPSA) is 29.1 Å². The van der Waals surface area contributed by atoms with Crippen molar-refractivity contribution in [2.24, 2.45) is 0 Å². The van der Waals surface area contributed by atoms with Crippen molar-refractivity contribution in [2.75, 3.05) is 5.32 Å². The summed E-state index contributed by atoms with van der Waals surface area (Å²) in [5.41, 5.74) is 2.22. The number of thiophene rings is 1. The van der Waals surface area contributed by atoms with Gasteiger partial charge in [0.15, 0.2) is 0 Å². The van der Waals surface area contributed by atoms with Crippen molar-refractivity contribution in [1.29, 1.82) is 0 Å². The first-order chi connectivity index (χ1) is 11.6. The third kappa shape index (κ3) is 3.89. The quantitative estimate of drug-likeness (QED) is 0.667. The number of halogens is 1. The van der Waals surface area contributed by atoms with E-state index in [1.165, 1.54) is 6.07 Å². The molecule has 0 aliphatic rings. The van der Waals surface area contributed by atoms with Crippen LogP contribution >= 0.6 is 11.3 Å². The molecule has 1 amide bonds. The molecular weight excluding hydrogens is 321 g/mol. The van der Waals surface area contributed by atoms with E-state index in [-0.39, 0.29) is 11.5 Å². The van der Waals surface area contributed by atoms with Crippen LogP contribution in [-0.2, 0) is 0 Å². The largest absolute Gasteiger partial charge is 0.322 e. The van der Waals surface area contributed by atoms with Crippen LogP contribution in [0.15, 0.2) is 60.0 Å². The number of nitrogens with one attached hydrogen (secondary N) is 1. The molecule has 0 spiro atoms. The Labute approximate surface area is 144 Å². The van der Waals surface area contributed by atoms with Crippen molar-refractivity contribution < 1.29 is 9.18 Å². The Morgan fingerprint density at radius 3 is 2.71 bits per heavy atom. The molecule has 118 valence electrons. The minimum atomic E-state index is -0.391. The van der Waals surface area contributed by atoms with Crippen LogP contribution in [0.2, 0.25) is 0 Å². The van der Waals surface area contributed by atoms with E-state index in [0.29, 0.717) is 11.3 Å². The van der Waals surface area contributed by atoms with E-state index >= 15 is 0 Å². The van der Waals surface area contributed by atoms with Crippen molar-refractivity contribution in [2.45, 2.75) is 6.92 Å². The van der Waals surface area contributed by atoms with Gasteiger partial charge in [0.05, 0.1) is 4.88 Å². The second-order valence-electron chi connectivity index (χ2n) is 5.23. The number of aryl methyl sites for hydroxylation is 1. The lowest BCUT2D eigenvalue weighted by Gasteiger charge is -2.06. The fourth-order valence-corrected chi connectivity index (χ4v) is 2.67. The van der Waals surface area contributed by atoms with Crippen LogP contribution in [0.4, 0.5) is 10.1 Å². The molecule has 2 nitrogen and oxygen atoms in total. The highest BCUT2D eigenvalue weighted by molar-refractivity contribution is 7.10. The van der Waals surface area contributed by atoms with Gasteiger partial charge in [0.2, 0.25) is 0 Å². The van der Waals surface area contributed by atoms with Gasteiger partial charge >= 0.3 is 0 Å². The van der Waals surface area contributed by atoms with Crippen LogP contribution < -0.4 is 5.32 Å². The monoisotopic (exact) mass is 335 g/mol. The lowest BCUT2D eigenvalue weighted by Crippen LogP contribution is -2.12. The van der Waals surface area contributed by atoms with Crippen LogP contribution in [0.5, 0.6) is 0 Å². The molecule has 1 N–H and O–H groups in total. The smallest absolute Gasteiger partial charge is 0.255 e. The number of benzene rings is 2.